The molecule has 1 saturated carbocycles. The molecule has 0 bridgehead atoms. The van der Waals surface area contributed by atoms with Crippen LogP contribution in [0.5, 0.6) is 0 Å². The molecule has 2 N–H and O–H groups in total. The molecule has 1 amide bonds. The van der Waals surface area contributed by atoms with Gasteiger partial charge in [0.2, 0.25) is 5.91 Å². The lowest BCUT2D eigenvalue weighted by molar-refractivity contribution is -0.131. The van der Waals surface area contributed by atoms with E-state index in [-0.39, 0.29) is 11.4 Å². The number of amides is 1. The average Bonchev–Trinajstić information content (AvgIpc) is 2.96. The van der Waals surface area contributed by atoms with Crippen molar-refractivity contribution in [2.24, 2.45) is 11.7 Å². The van der Waals surface area contributed by atoms with E-state index in [1.807, 2.05) is 13.8 Å². The van der Waals surface area contributed by atoms with E-state index >= 15 is 0 Å². The Labute approximate surface area is 98.4 Å². The number of carbonyl (C=O) groups excluding carboxylic acids is 1. The minimum atomic E-state index is -0.281. The zero-order valence-corrected chi connectivity index (χ0v) is 10.3. The zero-order valence-electron chi connectivity index (χ0n) is 10.3. The fraction of sp³-hybridized carbons (Fsp3) is 0.769. The molecule has 1 aliphatic rings. The van der Waals surface area contributed by atoms with Crippen LogP contribution in [0.15, 0.2) is 0 Å². The highest BCUT2D eigenvalue weighted by atomic mass is 16.2. The lowest BCUT2D eigenvalue weighted by Gasteiger charge is -2.23. The van der Waals surface area contributed by atoms with Crippen molar-refractivity contribution in [2.45, 2.75) is 45.1 Å². The van der Waals surface area contributed by atoms with Crippen LogP contribution in [0.1, 0.15) is 39.5 Å². The summed E-state index contributed by atoms with van der Waals surface area (Å²) in [7, 11) is 0. The number of rotatable bonds is 6. The third-order valence-electron chi connectivity index (χ3n) is 2.79. The Balaban J connectivity index is 2.37. The molecular weight excluding hydrogens is 200 g/mol. The quantitative estimate of drug-likeness (QED) is 0.690. The number of terminal acetylenes is 1. The Bertz CT molecular complexity index is 281. The number of hydrogen-bond acceptors (Lipinski definition) is 2. The molecule has 1 aliphatic carbocycles. The van der Waals surface area contributed by atoms with Crippen LogP contribution in [0.2, 0.25) is 0 Å². The molecule has 0 heterocycles. The predicted molar refractivity (Wildman–Crippen MR) is 65.6 cm³/mol. The molecule has 0 atom stereocenters. The SMILES string of the molecule is C#CCN(CC1CC1)C(=O)CCC(C)(C)N. The monoisotopic (exact) mass is 222 g/mol. The third-order valence-corrected chi connectivity index (χ3v) is 2.79. The molecular formula is C13H22N2O. The van der Waals surface area contributed by atoms with Gasteiger partial charge in [-0.05, 0) is 39.0 Å². The fourth-order valence-corrected chi connectivity index (χ4v) is 1.56. The van der Waals surface area contributed by atoms with Crippen molar-refractivity contribution in [2.75, 3.05) is 13.1 Å². The van der Waals surface area contributed by atoms with Crippen molar-refractivity contribution in [3.8, 4) is 12.3 Å². The number of carbonyl (C=O) groups is 1. The molecule has 1 fully saturated rings. The molecule has 3 heteroatoms. The van der Waals surface area contributed by atoms with Gasteiger partial charge in [-0.2, -0.15) is 0 Å². The zero-order chi connectivity index (χ0) is 12.2. The summed E-state index contributed by atoms with van der Waals surface area (Å²) in [6.45, 7) is 5.13. The maximum Gasteiger partial charge on any atom is 0.223 e. The minimum Gasteiger partial charge on any atom is -0.331 e. The highest BCUT2D eigenvalue weighted by Gasteiger charge is 2.26. The summed E-state index contributed by atoms with van der Waals surface area (Å²) in [5.74, 6) is 3.38. The maximum absolute atomic E-state index is 11.9. The second kappa shape index (κ2) is 5.36. The van der Waals surface area contributed by atoms with Crippen molar-refractivity contribution in [1.29, 1.82) is 0 Å². The van der Waals surface area contributed by atoms with E-state index in [0.29, 0.717) is 25.3 Å². The lowest BCUT2D eigenvalue weighted by atomic mass is 9.99. The van der Waals surface area contributed by atoms with E-state index in [9.17, 15) is 4.79 Å². The standard InChI is InChI=1S/C13H22N2O/c1-4-9-15(10-11-5-6-11)12(16)7-8-13(2,3)14/h1,11H,5-10,14H2,2-3H3. The van der Waals surface area contributed by atoms with Gasteiger partial charge < -0.3 is 10.6 Å². The molecule has 0 radical (unpaired) electrons. The Morgan fingerprint density at radius 2 is 2.19 bits per heavy atom. The van der Waals surface area contributed by atoms with Crippen LogP contribution < -0.4 is 5.73 Å². The normalized spacial score (nSPS) is 15.6. The van der Waals surface area contributed by atoms with Crippen LogP contribution >= 0.6 is 0 Å². The summed E-state index contributed by atoms with van der Waals surface area (Å²) >= 11 is 0. The number of nitrogens with two attached hydrogens (primary N) is 1. The van der Waals surface area contributed by atoms with Crippen molar-refractivity contribution in [3.63, 3.8) is 0 Å². The lowest BCUT2D eigenvalue weighted by Crippen LogP contribution is -2.37. The molecule has 0 aromatic carbocycles. The van der Waals surface area contributed by atoms with E-state index in [1.54, 1.807) is 4.90 Å². The van der Waals surface area contributed by atoms with E-state index in [2.05, 4.69) is 5.92 Å². The third kappa shape index (κ3) is 5.18. The summed E-state index contributed by atoms with van der Waals surface area (Å²) in [5.41, 5.74) is 5.58. The average molecular weight is 222 g/mol. The molecule has 0 unspecified atom stereocenters. The van der Waals surface area contributed by atoms with Crippen LogP contribution in [-0.2, 0) is 4.79 Å². The Morgan fingerprint density at radius 3 is 2.62 bits per heavy atom. The first-order valence-electron chi connectivity index (χ1n) is 5.92. The van der Waals surface area contributed by atoms with Gasteiger partial charge >= 0.3 is 0 Å². The van der Waals surface area contributed by atoms with Gasteiger partial charge in [-0.25, -0.2) is 0 Å². The minimum absolute atomic E-state index is 0.142. The smallest absolute Gasteiger partial charge is 0.223 e. The molecule has 1 rings (SSSR count). The Hall–Kier alpha value is -1.01. The van der Waals surface area contributed by atoms with Gasteiger partial charge in [0.05, 0.1) is 6.54 Å². The van der Waals surface area contributed by atoms with E-state index < -0.39 is 0 Å². The fourth-order valence-electron chi connectivity index (χ4n) is 1.56. The van der Waals surface area contributed by atoms with Crippen LogP contribution in [-0.4, -0.2) is 29.4 Å². The Kier molecular flexibility index (Phi) is 4.37. The topological polar surface area (TPSA) is 46.3 Å². The van der Waals surface area contributed by atoms with Crippen LogP contribution in [0.4, 0.5) is 0 Å². The second-order valence-corrected chi connectivity index (χ2v) is 5.41. The van der Waals surface area contributed by atoms with E-state index in [0.717, 1.165) is 6.54 Å². The molecule has 0 aromatic rings. The highest BCUT2D eigenvalue weighted by molar-refractivity contribution is 5.76. The van der Waals surface area contributed by atoms with Gasteiger partial charge in [-0.1, -0.05) is 5.92 Å². The first-order valence-corrected chi connectivity index (χ1v) is 5.92. The summed E-state index contributed by atoms with van der Waals surface area (Å²) in [6.07, 6.45) is 8.95. The van der Waals surface area contributed by atoms with Crippen molar-refractivity contribution in [3.05, 3.63) is 0 Å². The molecule has 0 spiro atoms. The summed E-state index contributed by atoms with van der Waals surface area (Å²) in [5, 5.41) is 0. The molecule has 90 valence electrons. The van der Waals surface area contributed by atoms with Gasteiger partial charge in [0.25, 0.3) is 0 Å². The second-order valence-electron chi connectivity index (χ2n) is 5.41. The van der Waals surface area contributed by atoms with Crippen molar-refractivity contribution in [1.82, 2.24) is 4.90 Å². The maximum atomic E-state index is 11.9. The molecule has 16 heavy (non-hydrogen) atoms. The first kappa shape index (κ1) is 13.1. The van der Waals surface area contributed by atoms with Gasteiger partial charge in [-0.15, -0.1) is 6.42 Å². The Morgan fingerprint density at radius 1 is 1.56 bits per heavy atom. The number of hydrogen-bond donors (Lipinski definition) is 1. The van der Waals surface area contributed by atoms with Gasteiger partial charge in [-0.3, -0.25) is 4.79 Å². The molecule has 3 nitrogen and oxygen atoms in total. The van der Waals surface area contributed by atoms with Gasteiger partial charge in [0, 0.05) is 18.5 Å². The number of nitrogens with zero attached hydrogens (tertiary/aromatic N) is 1. The summed E-state index contributed by atoms with van der Waals surface area (Å²) < 4.78 is 0. The van der Waals surface area contributed by atoms with Gasteiger partial charge in [0.1, 0.15) is 0 Å². The van der Waals surface area contributed by atoms with Crippen LogP contribution in [0.3, 0.4) is 0 Å². The predicted octanol–water partition coefficient (Wildman–Crippen LogP) is 1.38. The van der Waals surface area contributed by atoms with Crippen LogP contribution in [0, 0.1) is 18.3 Å². The van der Waals surface area contributed by atoms with Gasteiger partial charge in [0.15, 0.2) is 0 Å². The van der Waals surface area contributed by atoms with E-state index in [4.69, 9.17) is 12.2 Å². The molecule has 0 saturated heterocycles. The molecule has 0 aromatic heterocycles. The highest BCUT2D eigenvalue weighted by Crippen LogP contribution is 2.29. The van der Waals surface area contributed by atoms with Crippen molar-refractivity contribution < 1.29 is 4.79 Å². The van der Waals surface area contributed by atoms with Crippen LogP contribution in [0.25, 0.3) is 0 Å². The first-order chi connectivity index (χ1) is 7.42. The van der Waals surface area contributed by atoms with E-state index in [1.165, 1.54) is 12.8 Å². The summed E-state index contributed by atoms with van der Waals surface area (Å²) in [6, 6.07) is 0. The van der Waals surface area contributed by atoms with Crippen molar-refractivity contribution >= 4 is 5.91 Å². The largest absolute Gasteiger partial charge is 0.331 e. The molecule has 0 aliphatic heterocycles. The summed E-state index contributed by atoms with van der Waals surface area (Å²) in [4.78, 5) is 13.7.